The molecule has 84 valence electrons. The smallest absolute Gasteiger partial charge is 0.407 e. The van der Waals surface area contributed by atoms with Crippen molar-refractivity contribution in [3.8, 4) is 0 Å². The van der Waals surface area contributed by atoms with Gasteiger partial charge in [-0.3, -0.25) is 0 Å². The van der Waals surface area contributed by atoms with Crippen LogP contribution in [0.2, 0.25) is 0 Å². The standard InChI is InChI=1S/C12H19NO2/c1-2-15-12(14)13-10-6-9-11-7-4-3-5-8-11/h3-4,6,9,11H,2,5,7-8,10H2,1H3,(H,13,14)/b9-6+. The molecule has 3 heteroatoms. The molecule has 0 fully saturated rings. The Kier molecular flexibility index (Phi) is 5.59. The molecule has 1 rings (SSSR count). The quantitative estimate of drug-likeness (QED) is 0.723. The van der Waals surface area contributed by atoms with E-state index in [-0.39, 0.29) is 6.09 Å². The first-order valence-electron chi connectivity index (χ1n) is 5.55. The summed E-state index contributed by atoms with van der Waals surface area (Å²) in [5.74, 6) is 0.638. The highest BCUT2D eigenvalue weighted by atomic mass is 16.5. The fourth-order valence-electron chi connectivity index (χ4n) is 1.58. The van der Waals surface area contributed by atoms with Crippen LogP contribution in [0.25, 0.3) is 0 Å². The normalized spacial score (nSPS) is 20.5. The zero-order chi connectivity index (χ0) is 10.9. The van der Waals surface area contributed by atoms with E-state index < -0.39 is 0 Å². The minimum Gasteiger partial charge on any atom is -0.450 e. The SMILES string of the molecule is CCOC(=O)NC/C=C/C1CC=CCC1. The maximum Gasteiger partial charge on any atom is 0.407 e. The molecule has 0 aromatic heterocycles. The van der Waals surface area contributed by atoms with Crippen molar-refractivity contribution < 1.29 is 9.53 Å². The average molecular weight is 209 g/mol. The highest BCUT2D eigenvalue weighted by molar-refractivity contribution is 5.67. The molecule has 1 unspecified atom stereocenters. The van der Waals surface area contributed by atoms with Crippen LogP contribution in [0.3, 0.4) is 0 Å². The van der Waals surface area contributed by atoms with Crippen molar-refractivity contribution >= 4 is 6.09 Å². The molecule has 3 nitrogen and oxygen atoms in total. The van der Waals surface area contributed by atoms with Crippen molar-refractivity contribution in [3.63, 3.8) is 0 Å². The topological polar surface area (TPSA) is 38.3 Å². The van der Waals surface area contributed by atoms with E-state index in [9.17, 15) is 4.79 Å². The third-order valence-corrected chi connectivity index (χ3v) is 2.36. The summed E-state index contributed by atoms with van der Waals surface area (Å²) in [6.07, 6.45) is 11.8. The van der Waals surface area contributed by atoms with E-state index in [1.807, 2.05) is 6.08 Å². The minimum atomic E-state index is -0.342. The molecule has 1 aliphatic rings. The Labute approximate surface area is 91.2 Å². The van der Waals surface area contributed by atoms with Crippen LogP contribution in [0.4, 0.5) is 4.79 Å². The second-order valence-corrected chi connectivity index (χ2v) is 3.57. The van der Waals surface area contributed by atoms with Gasteiger partial charge in [0.15, 0.2) is 0 Å². The van der Waals surface area contributed by atoms with Gasteiger partial charge >= 0.3 is 6.09 Å². The predicted molar refractivity (Wildman–Crippen MR) is 60.6 cm³/mol. The van der Waals surface area contributed by atoms with Gasteiger partial charge in [0.1, 0.15) is 0 Å². The van der Waals surface area contributed by atoms with Gasteiger partial charge in [0, 0.05) is 6.54 Å². The van der Waals surface area contributed by atoms with Crippen LogP contribution < -0.4 is 5.32 Å². The van der Waals surface area contributed by atoms with E-state index in [0.717, 1.165) is 6.42 Å². The molecule has 15 heavy (non-hydrogen) atoms. The Bertz CT molecular complexity index is 246. The van der Waals surface area contributed by atoms with Gasteiger partial charge in [-0.1, -0.05) is 24.3 Å². The van der Waals surface area contributed by atoms with Crippen molar-refractivity contribution in [2.45, 2.75) is 26.2 Å². The van der Waals surface area contributed by atoms with Crippen molar-refractivity contribution in [2.24, 2.45) is 5.92 Å². The lowest BCUT2D eigenvalue weighted by Crippen LogP contribution is -2.24. The second-order valence-electron chi connectivity index (χ2n) is 3.57. The van der Waals surface area contributed by atoms with Gasteiger partial charge in [-0.15, -0.1) is 0 Å². The molecule has 0 aromatic carbocycles. The molecule has 1 aliphatic carbocycles. The molecule has 0 aliphatic heterocycles. The van der Waals surface area contributed by atoms with Crippen LogP contribution in [0, 0.1) is 5.92 Å². The largest absolute Gasteiger partial charge is 0.450 e. The number of allylic oxidation sites excluding steroid dienone is 3. The molecule has 0 saturated heterocycles. The molecule has 0 spiro atoms. The highest BCUT2D eigenvalue weighted by Gasteiger charge is 2.04. The zero-order valence-electron chi connectivity index (χ0n) is 9.24. The summed E-state index contributed by atoms with van der Waals surface area (Å²) in [5, 5.41) is 2.66. The Hall–Kier alpha value is -1.25. The summed E-state index contributed by atoms with van der Waals surface area (Å²) < 4.78 is 4.74. The number of hydrogen-bond donors (Lipinski definition) is 1. The Balaban J connectivity index is 2.10. The monoisotopic (exact) mass is 209 g/mol. The van der Waals surface area contributed by atoms with E-state index in [2.05, 4.69) is 23.5 Å². The average Bonchev–Trinajstić information content (AvgIpc) is 2.26. The van der Waals surface area contributed by atoms with Gasteiger partial charge in [-0.25, -0.2) is 4.79 Å². The number of rotatable bonds is 4. The number of hydrogen-bond acceptors (Lipinski definition) is 2. The summed E-state index contributed by atoms with van der Waals surface area (Å²) in [6.45, 7) is 2.77. The Morgan fingerprint density at radius 1 is 1.60 bits per heavy atom. The van der Waals surface area contributed by atoms with Gasteiger partial charge in [0.05, 0.1) is 6.61 Å². The summed E-state index contributed by atoms with van der Waals surface area (Å²) in [4.78, 5) is 10.9. The minimum absolute atomic E-state index is 0.342. The van der Waals surface area contributed by atoms with Crippen molar-refractivity contribution in [3.05, 3.63) is 24.3 Å². The van der Waals surface area contributed by atoms with E-state index >= 15 is 0 Å². The number of alkyl carbamates (subject to hydrolysis) is 1. The van der Waals surface area contributed by atoms with E-state index in [1.54, 1.807) is 6.92 Å². The lowest BCUT2D eigenvalue weighted by Gasteiger charge is -2.12. The van der Waals surface area contributed by atoms with Crippen LogP contribution in [0.5, 0.6) is 0 Å². The summed E-state index contributed by atoms with van der Waals surface area (Å²) in [7, 11) is 0. The summed E-state index contributed by atoms with van der Waals surface area (Å²) >= 11 is 0. The van der Waals surface area contributed by atoms with Crippen LogP contribution in [-0.4, -0.2) is 19.2 Å². The van der Waals surface area contributed by atoms with Gasteiger partial charge in [-0.2, -0.15) is 0 Å². The lowest BCUT2D eigenvalue weighted by molar-refractivity contribution is 0.153. The third-order valence-electron chi connectivity index (χ3n) is 2.36. The van der Waals surface area contributed by atoms with Gasteiger partial charge in [0.2, 0.25) is 0 Å². The number of carbonyl (C=O) groups excluding carboxylic acids is 1. The summed E-state index contributed by atoms with van der Waals surface area (Å²) in [6, 6.07) is 0. The predicted octanol–water partition coefficient (Wildman–Crippen LogP) is 2.65. The molecule has 0 bridgehead atoms. The number of carbonyl (C=O) groups is 1. The number of amides is 1. The molecule has 1 amide bonds. The Morgan fingerprint density at radius 3 is 3.13 bits per heavy atom. The fourth-order valence-corrected chi connectivity index (χ4v) is 1.58. The van der Waals surface area contributed by atoms with E-state index in [4.69, 9.17) is 4.74 Å². The van der Waals surface area contributed by atoms with Crippen LogP contribution in [0.1, 0.15) is 26.2 Å². The third kappa shape index (κ3) is 5.25. The van der Waals surface area contributed by atoms with Crippen molar-refractivity contribution in [1.29, 1.82) is 0 Å². The molecule has 1 atom stereocenters. The molecule has 0 radical (unpaired) electrons. The number of nitrogens with one attached hydrogen (secondary N) is 1. The highest BCUT2D eigenvalue weighted by Crippen LogP contribution is 2.18. The molecular weight excluding hydrogens is 190 g/mol. The van der Waals surface area contributed by atoms with Gasteiger partial charge < -0.3 is 10.1 Å². The molecule has 0 aromatic rings. The zero-order valence-corrected chi connectivity index (χ0v) is 9.24. The summed E-state index contributed by atoms with van der Waals surface area (Å²) in [5.41, 5.74) is 0. The first kappa shape index (κ1) is 11.8. The van der Waals surface area contributed by atoms with Gasteiger partial charge in [0.25, 0.3) is 0 Å². The van der Waals surface area contributed by atoms with Crippen LogP contribution >= 0.6 is 0 Å². The fraction of sp³-hybridized carbons (Fsp3) is 0.583. The molecule has 1 N–H and O–H groups in total. The molecular formula is C12H19NO2. The first-order valence-corrected chi connectivity index (χ1v) is 5.55. The van der Waals surface area contributed by atoms with Crippen molar-refractivity contribution in [2.75, 3.05) is 13.2 Å². The van der Waals surface area contributed by atoms with E-state index in [0.29, 0.717) is 19.1 Å². The first-order chi connectivity index (χ1) is 7.33. The lowest BCUT2D eigenvalue weighted by atomic mass is 9.94. The molecule has 0 heterocycles. The van der Waals surface area contributed by atoms with Crippen molar-refractivity contribution in [1.82, 2.24) is 5.32 Å². The second kappa shape index (κ2) is 7.10. The van der Waals surface area contributed by atoms with Crippen LogP contribution in [-0.2, 0) is 4.74 Å². The maximum atomic E-state index is 10.9. The molecule has 0 saturated carbocycles. The number of ether oxygens (including phenoxy) is 1. The van der Waals surface area contributed by atoms with Gasteiger partial charge in [-0.05, 0) is 32.1 Å². The van der Waals surface area contributed by atoms with Crippen LogP contribution in [0.15, 0.2) is 24.3 Å². The maximum absolute atomic E-state index is 10.9. The Morgan fingerprint density at radius 2 is 2.47 bits per heavy atom. The van der Waals surface area contributed by atoms with E-state index in [1.165, 1.54) is 12.8 Å².